The van der Waals surface area contributed by atoms with Crippen LogP contribution in [-0.2, 0) is 14.1 Å². The van der Waals surface area contributed by atoms with Gasteiger partial charge in [-0.05, 0) is 40.4 Å². The molecule has 0 unspecified atom stereocenters. The minimum absolute atomic E-state index is 0.196. The molecule has 0 saturated carbocycles. The van der Waals surface area contributed by atoms with E-state index in [9.17, 15) is 9.59 Å². The molecule has 29 heavy (non-hydrogen) atoms. The molecule has 1 fully saturated rings. The van der Waals surface area contributed by atoms with Crippen LogP contribution in [0.25, 0.3) is 0 Å². The summed E-state index contributed by atoms with van der Waals surface area (Å²) in [4.78, 5) is 24.8. The third-order valence-corrected chi connectivity index (χ3v) is 5.70. The van der Waals surface area contributed by atoms with Crippen LogP contribution in [0.3, 0.4) is 0 Å². The molecular formula is C18H25BBrCl2N3O4. The zero-order valence-corrected chi connectivity index (χ0v) is 19.5. The lowest BCUT2D eigenvalue weighted by Crippen LogP contribution is -2.53. The predicted molar refractivity (Wildman–Crippen MR) is 118 cm³/mol. The predicted octanol–water partition coefficient (Wildman–Crippen LogP) is 2.68. The molecule has 160 valence electrons. The van der Waals surface area contributed by atoms with Crippen LogP contribution in [-0.4, -0.2) is 57.7 Å². The number of hydrogen-bond donors (Lipinski definition) is 3. The van der Waals surface area contributed by atoms with E-state index in [4.69, 9.17) is 32.5 Å². The summed E-state index contributed by atoms with van der Waals surface area (Å²) in [7, 11) is -0.527. The van der Waals surface area contributed by atoms with Crippen molar-refractivity contribution < 1.29 is 18.9 Å². The van der Waals surface area contributed by atoms with Crippen LogP contribution < -0.4 is 16.0 Å². The number of halogens is 3. The largest absolute Gasteiger partial charge is 0.480 e. The van der Waals surface area contributed by atoms with Gasteiger partial charge in [-0.2, -0.15) is 0 Å². The number of rotatable bonds is 7. The molecule has 0 aromatic heterocycles. The van der Waals surface area contributed by atoms with E-state index in [-0.39, 0.29) is 29.0 Å². The van der Waals surface area contributed by atoms with Gasteiger partial charge in [-0.25, -0.2) is 0 Å². The standard InChI is InChI=1S/C18H25BBrCl2N3O4/c1-11(2)7-16(19-28-5-3-23-4-6-29-19)25-17(26)10-24-18(27)12-8-13(20)15(22)9-14(12)21/h8-9,11,16,23H,3-7,10H2,1-2H3,(H,24,27)(H,25,26)/t16-/m0/s1. The Morgan fingerprint density at radius 1 is 1.21 bits per heavy atom. The second kappa shape index (κ2) is 12.1. The Hall–Kier alpha value is -0.835. The third-order valence-electron chi connectivity index (χ3n) is 4.19. The van der Waals surface area contributed by atoms with Gasteiger partial charge in [-0.15, -0.1) is 0 Å². The maximum absolute atomic E-state index is 12.5. The summed E-state index contributed by atoms with van der Waals surface area (Å²) >= 11 is 15.3. The van der Waals surface area contributed by atoms with Crippen molar-refractivity contribution >= 4 is 58.1 Å². The Balaban J connectivity index is 1.95. The van der Waals surface area contributed by atoms with Crippen molar-refractivity contribution in [3.63, 3.8) is 0 Å². The normalized spacial score (nSPS) is 16.1. The third kappa shape index (κ3) is 8.07. The molecule has 1 aromatic rings. The summed E-state index contributed by atoms with van der Waals surface area (Å²) < 4.78 is 12.1. The van der Waals surface area contributed by atoms with Crippen molar-refractivity contribution in [1.82, 2.24) is 16.0 Å². The number of hydrogen-bond acceptors (Lipinski definition) is 5. The molecular weight excluding hydrogens is 484 g/mol. The number of carbonyl (C=O) groups is 2. The van der Waals surface area contributed by atoms with Crippen molar-refractivity contribution in [3.05, 3.63) is 32.2 Å². The summed E-state index contributed by atoms with van der Waals surface area (Å²) in [5.74, 6) is -0.783. The van der Waals surface area contributed by atoms with Gasteiger partial charge < -0.3 is 25.3 Å². The summed E-state index contributed by atoms with van der Waals surface area (Å²) in [5, 5.41) is 9.29. The molecule has 1 atom stereocenters. The van der Waals surface area contributed by atoms with E-state index >= 15 is 0 Å². The first-order valence-corrected chi connectivity index (χ1v) is 11.0. The van der Waals surface area contributed by atoms with Crippen molar-refractivity contribution in [1.29, 1.82) is 0 Å². The first-order chi connectivity index (χ1) is 13.8. The number of benzene rings is 1. The summed E-state index contributed by atoms with van der Waals surface area (Å²) in [6.07, 6.45) is 0.688. The van der Waals surface area contributed by atoms with Crippen LogP contribution in [0.1, 0.15) is 30.6 Å². The van der Waals surface area contributed by atoms with Crippen LogP contribution in [0.15, 0.2) is 16.6 Å². The van der Waals surface area contributed by atoms with E-state index in [1.165, 1.54) is 12.1 Å². The fraction of sp³-hybridized carbons (Fsp3) is 0.556. The lowest BCUT2D eigenvalue weighted by atomic mass is 9.73. The van der Waals surface area contributed by atoms with Gasteiger partial charge in [0, 0.05) is 30.8 Å². The quantitative estimate of drug-likeness (QED) is 0.389. The summed E-state index contributed by atoms with van der Waals surface area (Å²) in [5.41, 5.74) is 0.230. The second-order valence-electron chi connectivity index (χ2n) is 7.09. The molecule has 2 amide bonds. The van der Waals surface area contributed by atoms with E-state index in [1.54, 1.807) is 0 Å². The maximum atomic E-state index is 12.5. The van der Waals surface area contributed by atoms with E-state index in [0.29, 0.717) is 35.0 Å². The molecule has 0 aliphatic carbocycles. The van der Waals surface area contributed by atoms with Crippen LogP contribution in [0, 0.1) is 5.92 Å². The van der Waals surface area contributed by atoms with Gasteiger partial charge in [0.1, 0.15) is 0 Å². The van der Waals surface area contributed by atoms with Crippen molar-refractivity contribution in [2.24, 2.45) is 5.92 Å². The smallest absolute Gasteiger partial charge is 0.408 e. The zero-order chi connectivity index (χ0) is 21.4. The van der Waals surface area contributed by atoms with Gasteiger partial charge in [-0.3, -0.25) is 9.59 Å². The van der Waals surface area contributed by atoms with Crippen LogP contribution >= 0.6 is 39.1 Å². The van der Waals surface area contributed by atoms with Crippen LogP contribution in [0.5, 0.6) is 0 Å². The average molecular weight is 509 g/mol. The Morgan fingerprint density at radius 3 is 2.48 bits per heavy atom. The molecule has 1 heterocycles. The van der Waals surface area contributed by atoms with Gasteiger partial charge in [0.15, 0.2) is 0 Å². The first kappa shape index (κ1) is 24.4. The van der Waals surface area contributed by atoms with Gasteiger partial charge in [-0.1, -0.05) is 37.0 Å². The highest BCUT2D eigenvalue weighted by molar-refractivity contribution is 9.10. The van der Waals surface area contributed by atoms with Gasteiger partial charge in [0.25, 0.3) is 5.91 Å². The Morgan fingerprint density at radius 2 is 1.86 bits per heavy atom. The molecule has 2 rings (SSSR count). The van der Waals surface area contributed by atoms with Crippen molar-refractivity contribution in [2.45, 2.75) is 26.2 Å². The summed E-state index contributed by atoms with van der Waals surface area (Å²) in [6, 6.07) is 2.99. The minimum atomic E-state index is -0.527. The molecule has 1 aromatic carbocycles. The average Bonchev–Trinajstić information content (AvgIpc) is 2.61. The van der Waals surface area contributed by atoms with Crippen molar-refractivity contribution in [2.75, 3.05) is 32.8 Å². The fourth-order valence-electron chi connectivity index (χ4n) is 2.86. The highest BCUT2D eigenvalue weighted by Crippen LogP contribution is 2.29. The van der Waals surface area contributed by atoms with Gasteiger partial charge in [0.2, 0.25) is 5.91 Å². The zero-order valence-electron chi connectivity index (χ0n) is 16.4. The highest BCUT2D eigenvalue weighted by atomic mass is 79.9. The van der Waals surface area contributed by atoms with Gasteiger partial charge >= 0.3 is 7.12 Å². The lowest BCUT2D eigenvalue weighted by Gasteiger charge is -2.27. The lowest BCUT2D eigenvalue weighted by molar-refractivity contribution is -0.120. The molecule has 1 aliphatic rings. The Labute approximate surface area is 189 Å². The van der Waals surface area contributed by atoms with E-state index in [0.717, 1.165) is 13.1 Å². The van der Waals surface area contributed by atoms with Crippen molar-refractivity contribution in [3.8, 4) is 0 Å². The molecule has 1 saturated heterocycles. The number of amides is 2. The van der Waals surface area contributed by atoms with E-state index < -0.39 is 13.0 Å². The molecule has 11 heteroatoms. The second-order valence-corrected chi connectivity index (χ2v) is 8.76. The number of nitrogens with one attached hydrogen (secondary N) is 3. The molecule has 0 bridgehead atoms. The van der Waals surface area contributed by atoms with E-state index in [2.05, 4.69) is 45.7 Å². The molecule has 0 spiro atoms. The Kier molecular flexibility index (Phi) is 10.2. The molecule has 7 nitrogen and oxygen atoms in total. The van der Waals surface area contributed by atoms with Crippen LogP contribution in [0.4, 0.5) is 0 Å². The monoisotopic (exact) mass is 507 g/mol. The maximum Gasteiger partial charge on any atom is 0.480 e. The number of carbonyl (C=O) groups excluding carboxylic acids is 2. The Bertz CT molecular complexity index is 719. The minimum Gasteiger partial charge on any atom is -0.408 e. The van der Waals surface area contributed by atoms with E-state index in [1.807, 2.05) is 0 Å². The highest BCUT2D eigenvalue weighted by Gasteiger charge is 2.33. The van der Waals surface area contributed by atoms with Gasteiger partial charge in [0.05, 0.1) is 28.1 Å². The SMILES string of the molecule is CC(C)C[C@H](NC(=O)CNC(=O)c1cc(Br)c(Cl)cc1Cl)B1OCCNCCO1. The molecule has 0 radical (unpaired) electrons. The molecule has 1 aliphatic heterocycles. The first-order valence-electron chi connectivity index (χ1n) is 9.44. The topological polar surface area (TPSA) is 88.7 Å². The van der Waals surface area contributed by atoms with Crippen LogP contribution in [0.2, 0.25) is 10.0 Å². The fourth-order valence-corrected chi connectivity index (χ4v) is 3.67. The molecule has 3 N–H and O–H groups in total. The summed E-state index contributed by atoms with van der Waals surface area (Å²) in [6.45, 7) is 6.38.